The Balaban J connectivity index is 1.48. The largest absolute Gasteiger partial charge is 0.465 e. The topological polar surface area (TPSA) is 97.1 Å². The van der Waals surface area contributed by atoms with Crippen LogP contribution in [0.25, 0.3) is 6.08 Å². The molecule has 1 amide bonds. The fourth-order valence-corrected chi connectivity index (χ4v) is 6.50. The van der Waals surface area contributed by atoms with E-state index in [9.17, 15) is 18.0 Å². The normalized spacial score (nSPS) is 14.6. The van der Waals surface area contributed by atoms with Gasteiger partial charge in [-0.15, -0.1) is 0 Å². The second-order valence-electron chi connectivity index (χ2n) is 10.8. The van der Waals surface area contributed by atoms with Gasteiger partial charge in [0.2, 0.25) is 10.0 Å². The summed E-state index contributed by atoms with van der Waals surface area (Å²) >= 11 is 0. The summed E-state index contributed by atoms with van der Waals surface area (Å²) in [6, 6.07) is 25.0. The van der Waals surface area contributed by atoms with Gasteiger partial charge in [-0.2, -0.15) is 4.31 Å². The number of sulfonamides is 1. The van der Waals surface area contributed by atoms with Crippen LogP contribution >= 0.6 is 0 Å². The predicted molar refractivity (Wildman–Crippen MR) is 169 cm³/mol. The third kappa shape index (κ3) is 6.15. The lowest BCUT2D eigenvalue weighted by Crippen LogP contribution is -2.30. The zero-order valence-electron chi connectivity index (χ0n) is 25.3. The summed E-state index contributed by atoms with van der Waals surface area (Å²) in [6.45, 7) is 7.63. The third-order valence-corrected chi connectivity index (χ3v) is 9.51. The molecule has 8 nitrogen and oxygen atoms in total. The Labute approximate surface area is 257 Å². The van der Waals surface area contributed by atoms with Crippen LogP contribution in [0.3, 0.4) is 0 Å². The SMILES string of the molecule is COC(=O)C1=C(C)N(c2ccc(C)c(C)c2)C(=O)C1=Cc1ccc(CN(Cc2ccccc2)S(=O)(=O)c2ccc(C)cc2)o1. The molecule has 3 aromatic carbocycles. The molecule has 0 radical (unpaired) electrons. The fraction of sp³-hybridized carbons (Fsp3) is 0.200. The van der Waals surface area contributed by atoms with Crippen LogP contribution in [0.5, 0.6) is 0 Å². The molecule has 1 aromatic heterocycles. The number of esters is 1. The Bertz CT molecular complexity index is 1890. The number of hydrogen-bond donors (Lipinski definition) is 0. The lowest BCUT2D eigenvalue weighted by Gasteiger charge is -2.21. The maximum atomic E-state index is 13.7. The van der Waals surface area contributed by atoms with Crippen LogP contribution in [-0.4, -0.2) is 31.7 Å². The Hall–Kier alpha value is -4.73. The molecule has 1 aliphatic rings. The number of anilines is 1. The van der Waals surface area contributed by atoms with E-state index < -0.39 is 21.9 Å². The van der Waals surface area contributed by atoms with Gasteiger partial charge in [-0.05, 0) is 86.9 Å². The molecule has 0 saturated carbocycles. The van der Waals surface area contributed by atoms with Gasteiger partial charge in [0, 0.05) is 17.9 Å². The molecule has 0 atom stereocenters. The minimum absolute atomic E-state index is 0.0459. The summed E-state index contributed by atoms with van der Waals surface area (Å²) in [7, 11) is -2.61. The van der Waals surface area contributed by atoms with Gasteiger partial charge in [-0.3, -0.25) is 9.69 Å². The van der Waals surface area contributed by atoms with Crippen LogP contribution < -0.4 is 4.90 Å². The molecule has 4 aromatic rings. The third-order valence-electron chi connectivity index (χ3n) is 7.70. The summed E-state index contributed by atoms with van der Waals surface area (Å²) < 4.78 is 39.9. The van der Waals surface area contributed by atoms with Gasteiger partial charge in [0.25, 0.3) is 5.91 Å². The van der Waals surface area contributed by atoms with E-state index in [1.807, 2.05) is 69.3 Å². The van der Waals surface area contributed by atoms with Crippen molar-refractivity contribution in [1.82, 2.24) is 4.31 Å². The lowest BCUT2D eigenvalue weighted by atomic mass is 10.1. The Morgan fingerprint density at radius 1 is 0.886 bits per heavy atom. The molecule has 0 fully saturated rings. The number of allylic oxidation sites excluding steroid dienone is 1. The highest BCUT2D eigenvalue weighted by Gasteiger charge is 2.38. The number of furan rings is 1. The molecule has 1 aliphatic heterocycles. The number of aryl methyl sites for hydroxylation is 3. The van der Waals surface area contributed by atoms with Crippen LogP contribution in [0.2, 0.25) is 0 Å². The second kappa shape index (κ2) is 12.5. The van der Waals surface area contributed by atoms with Crippen molar-refractivity contribution in [1.29, 1.82) is 0 Å². The molecule has 0 bridgehead atoms. The molecule has 0 aliphatic carbocycles. The van der Waals surface area contributed by atoms with Crippen LogP contribution in [0.15, 0.2) is 111 Å². The van der Waals surface area contributed by atoms with Crippen molar-refractivity contribution < 1.29 is 27.2 Å². The van der Waals surface area contributed by atoms with Crippen molar-refractivity contribution in [2.75, 3.05) is 12.0 Å². The molecular formula is C35H34N2O6S. The highest BCUT2D eigenvalue weighted by atomic mass is 32.2. The number of benzene rings is 3. The smallest absolute Gasteiger partial charge is 0.340 e. The van der Waals surface area contributed by atoms with Gasteiger partial charge < -0.3 is 9.15 Å². The second-order valence-corrected chi connectivity index (χ2v) is 12.7. The van der Waals surface area contributed by atoms with Crippen molar-refractivity contribution in [3.05, 3.63) is 136 Å². The minimum atomic E-state index is -3.88. The Kier molecular flexibility index (Phi) is 8.71. The summed E-state index contributed by atoms with van der Waals surface area (Å²) in [4.78, 5) is 28.3. The summed E-state index contributed by atoms with van der Waals surface area (Å²) in [5.74, 6) is -0.359. The summed E-state index contributed by atoms with van der Waals surface area (Å²) in [5.41, 5.74) is 5.22. The van der Waals surface area contributed by atoms with E-state index in [1.54, 1.807) is 43.3 Å². The van der Waals surface area contributed by atoms with Crippen molar-refractivity contribution in [3.8, 4) is 0 Å². The molecule has 44 heavy (non-hydrogen) atoms. The first-order valence-electron chi connectivity index (χ1n) is 14.1. The van der Waals surface area contributed by atoms with Crippen molar-refractivity contribution >= 4 is 33.7 Å². The number of methoxy groups -OCH3 is 1. The quantitative estimate of drug-likeness (QED) is 0.159. The maximum Gasteiger partial charge on any atom is 0.340 e. The van der Waals surface area contributed by atoms with Gasteiger partial charge in [-0.25, -0.2) is 13.2 Å². The molecule has 9 heteroatoms. The molecule has 0 N–H and O–H groups in total. The van der Waals surface area contributed by atoms with E-state index >= 15 is 0 Å². The zero-order valence-corrected chi connectivity index (χ0v) is 26.1. The van der Waals surface area contributed by atoms with Crippen LogP contribution in [0, 0.1) is 20.8 Å². The van der Waals surface area contributed by atoms with Gasteiger partial charge in [0.05, 0.1) is 29.7 Å². The highest BCUT2D eigenvalue weighted by Crippen LogP contribution is 2.36. The van der Waals surface area contributed by atoms with E-state index in [0.29, 0.717) is 22.9 Å². The number of carbonyl (C=O) groups is 2. The monoisotopic (exact) mass is 610 g/mol. The van der Waals surface area contributed by atoms with Crippen molar-refractivity contribution in [2.45, 2.75) is 45.7 Å². The fourth-order valence-electron chi connectivity index (χ4n) is 5.10. The lowest BCUT2D eigenvalue weighted by molar-refractivity contribution is -0.136. The van der Waals surface area contributed by atoms with Gasteiger partial charge >= 0.3 is 5.97 Å². The minimum Gasteiger partial charge on any atom is -0.465 e. The first-order chi connectivity index (χ1) is 21.0. The first kappa shape index (κ1) is 30.7. The molecule has 0 unspecified atom stereocenters. The number of ether oxygens (including phenoxy) is 1. The maximum absolute atomic E-state index is 13.7. The summed E-state index contributed by atoms with van der Waals surface area (Å²) in [5, 5.41) is 0. The molecule has 5 rings (SSSR count). The Morgan fingerprint density at radius 3 is 2.25 bits per heavy atom. The van der Waals surface area contributed by atoms with E-state index in [1.165, 1.54) is 22.4 Å². The van der Waals surface area contributed by atoms with Crippen LogP contribution in [0.1, 0.15) is 40.7 Å². The standard InChI is InChI=1S/C35H34N2O6S/c1-23-11-17-31(18-12-23)44(40,41)36(21-27-9-7-6-8-10-27)22-30-16-15-29(43-30)20-32-33(35(39)42-5)26(4)37(34(32)38)28-14-13-24(2)25(3)19-28/h6-20H,21-22H2,1-5H3. The van der Waals surface area contributed by atoms with Crippen molar-refractivity contribution in [2.24, 2.45) is 0 Å². The van der Waals surface area contributed by atoms with Gasteiger partial charge in [-0.1, -0.05) is 54.1 Å². The molecule has 226 valence electrons. The molecular weight excluding hydrogens is 576 g/mol. The van der Waals surface area contributed by atoms with E-state index in [-0.39, 0.29) is 29.1 Å². The predicted octanol–water partition coefficient (Wildman–Crippen LogP) is 6.47. The van der Waals surface area contributed by atoms with Crippen LogP contribution in [0.4, 0.5) is 5.69 Å². The Morgan fingerprint density at radius 2 is 1.59 bits per heavy atom. The molecule has 0 saturated heterocycles. The van der Waals surface area contributed by atoms with Gasteiger partial charge in [0.15, 0.2) is 0 Å². The number of hydrogen-bond acceptors (Lipinski definition) is 6. The van der Waals surface area contributed by atoms with E-state index in [0.717, 1.165) is 22.3 Å². The molecule has 0 spiro atoms. The van der Waals surface area contributed by atoms with Crippen LogP contribution in [-0.2, 0) is 37.4 Å². The average molecular weight is 611 g/mol. The van der Waals surface area contributed by atoms with Crippen molar-refractivity contribution in [3.63, 3.8) is 0 Å². The average Bonchev–Trinajstić information content (AvgIpc) is 3.55. The van der Waals surface area contributed by atoms with E-state index in [4.69, 9.17) is 9.15 Å². The number of rotatable bonds is 9. The molecule has 2 heterocycles. The number of nitrogens with zero attached hydrogens (tertiary/aromatic N) is 2. The highest BCUT2D eigenvalue weighted by molar-refractivity contribution is 7.89. The number of amides is 1. The van der Waals surface area contributed by atoms with E-state index in [2.05, 4.69) is 0 Å². The van der Waals surface area contributed by atoms with Gasteiger partial charge in [0.1, 0.15) is 11.5 Å². The summed E-state index contributed by atoms with van der Waals surface area (Å²) in [6.07, 6.45) is 1.50. The first-order valence-corrected chi connectivity index (χ1v) is 15.6. The number of carbonyl (C=O) groups excluding carboxylic acids is 2. The zero-order chi connectivity index (χ0) is 31.6.